The Morgan fingerprint density at radius 3 is 2.79 bits per heavy atom. The summed E-state index contributed by atoms with van der Waals surface area (Å²) in [6.45, 7) is 0.338. The number of hydrogen-bond donors (Lipinski definition) is 2. The number of benzene rings is 1. The molecule has 140 valence electrons. The summed E-state index contributed by atoms with van der Waals surface area (Å²) >= 11 is 2.40. The van der Waals surface area contributed by atoms with Crippen molar-refractivity contribution in [3.8, 4) is 0 Å². The minimum atomic E-state index is -0.350. The molecule has 3 N–H and O–H groups in total. The van der Waals surface area contributed by atoms with Gasteiger partial charge in [-0.3, -0.25) is 24.3 Å². The van der Waals surface area contributed by atoms with Crippen molar-refractivity contribution in [3.63, 3.8) is 0 Å². The van der Waals surface area contributed by atoms with Crippen LogP contribution in [0.2, 0.25) is 0 Å². The molecule has 9 heteroatoms. The van der Waals surface area contributed by atoms with E-state index in [2.05, 4.69) is 15.3 Å². The van der Waals surface area contributed by atoms with E-state index in [4.69, 9.17) is 5.14 Å². The van der Waals surface area contributed by atoms with Crippen LogP contribution in [0.25, 0.3) is 10.2 Å². The number of nitrogens with two attached hydrogens (primary N) is 1. The van der Waals surface area contributed by atoms with Gasteiger partial charge in [-0.05, 0) is 47.8 Å². The first kappa shape index (κ1) is 18.4. The van der Waals surface area contributed by atoms with Crippen LogP contribution in [0.4, 0.5) is 5.69 Å². The molecule has 0 bridgehead atoms. The van der Waals surface area contributed by atoms with E-state index in [1.807, 2.05) is 24.3 Å². The van der Waals surface area contributed by atoms with Gasteiger partial charge in [0.25, 0.3) is 11.5 Å². The van der Waals surface area contributed by atoms with Crippen LogP contribution >= 0.6 is 23.3 Å². The normalized spacial score (nSPS) is 10.9. The van der Waals surface area contributed by atoms with Crippen LogP contribution in [0.5, 0.6) is 0 Å². The fourth-order valence-corrected chi connectivity index (χ4v) is 3.92. The maximum Gasteiger partial charge on any atom is 0.263 e. The number of hydrogen-bond acceptors (Lipinski definition) is 7. The molecule has 0 spiro atoms. The predicted molar refractivity (Wildman–Crippen MR) is 112 cm³/mol. The highest BCUT2D eigenvalue weighted by Crippen LogP contribution is 2.23. The summed E-state index contributed by atoms with van der Waals surface area (Å²) in [6.07, 6.45) is 4.87. The number of nitrogens with zero attached hydrogens (tertiary/aromatic N) is 3. The van der Waals surface area contributed by atoms with Gasteiger partial charge >= 0.3 is 0 Å². The summed E-state index contributed by atoms with van der Waals surface area (Å²) in [5.41, 5.74) is 1.57. The Hall–Kier alpha value is -3.01. The third-order valence-corrected chi connectivity index (χ3v) is 5.56. The van der Waals surface area contributed by atoms with Crippen LogP contribution in [0.15, 0.2) is 70.2 Å². The number of fused-ring (bicyclic) bond motifs is 1. The molecule has 3 aromatic heterocycles. The molecule has 0 atom stereocenters. The second-order valence-corrected chi connectivity index (χ2v) is 7.53. The molecule has 0 aliphatic carbocycles. The van der Waals surface area contributed by atoms with Gasteiger partial charge < -0.3 is 5.32 Å². The molecule has 4 rings (SSSR count). The number of carbonyl (C=O) groups is 1. The smallest absolute Gasteiger partial charge is 0.263 e. The van der Waals surface area contributed by atoms with Crippen molar-refractivity contribution in [3.05, 3.63) is 82.0 Å². The molecule has 0 aliphatic heterocycles. The zero-order chi connectivity index (χ0) is 19.5. The van der Waals surface area contributed by atoms with E-state index in [0.29, 0.717) is 28.0 Å². The predicted octanol–water partition coefficient (Wildman–Crippen LogP) is 3.12. The first-order valence-electron chi connectivity index (χ1n) is 8.29. The van der Waals surface area contributed by atoms with Crippen molar-refractivity contribution >= 4 is 45.1 Å². The number of aromatic nitrogens is 3. The van der Waals surface area contributed by atoms with Crippen LogP contribution in [-0.2, 0) is 6.54 Å². The lowest BCUT2D eigenvalue weighted by Gasteiger charge is -2.07. The second-order valence-electron chi connectivity index (χ2n) is 5.96. The number of rotatable bonds is 5. The van der Waals surface area contributed by atoms with Crippen LogP contribution in [0.1, 0.15) is 15.9 Å². The standard InChI is InChI=1S/C19H15N5O2S2/c20-28-14-5-3-13(4-6-14)23-17(25)15-10-27-18-16(15)19(26)24(11-22-18)9-12-2-1-7-21-8-12/h1-8,10-11H,9,20H2,(H,23,25). The van der Waals surface area contributed by atoms with Gasteiger partial charge in [-0.15, -0.1) is 11.3 Å². The lowest BCUT2D eigenvalue weighted by molar-refractivity contribution is 0.102. The maximum atomic E-state index is 13.0. The van der Waals surface area contributed by atoms with Gasteiger partial charge in [0.2, 0.25) is 0 Å². The summed E-state index contributed by atoms with van der Waals surface area (Å²) in [5, 5.41) is 10.3. The third-order valence-electron chi connectivity index (χ3n) is 4.13. The van der Waals surface area contributed by atoms with E-state index in [-0.39, 0.29) is 11.5 Å². The molecule has 0 aliphatic rings. The SMILES string of the molecule is NSc1ccc(NC(=O)c2csc3ncn(Cc4cccnc4)c(=O)c23)cc1. The molecule has 0 saturated heterocycles. The average molecular weight is 409 g/mol. The Kier molecular flexibility index (Phi) is 5.20. The molecule has 3 heterocycles. The molecule has 7 nitrogen and oxygen atoms in total. The molecule has 0 radical (unpaired) electrons. The monoisotopic (exact) mass is 409 g/mol. The molecule has 0 unspecified atom stereocenters. The Balaban J connectivity index is 1.66. The summed E-state index contributed by atoms with van der Waals surface area (Å²) in [4.78, 5) is 35.5. The number of pyridine rings is 1. The van der Waals surface area contributed by atoms with Gasteiger partial charge in [0.15, 0.2) is 0 Å². The average Bonchev–Trinajstić information content (AvgIpc) is 3.16. The highest BCUT2D eigenvalue weighted by molar-refractivity contribution is 7.97. The highest BCUT2D eigenvalue weighted by atomic mass is 32.2. The molecule has 1 amide bonds. The van der Waals surface area contributed by atoms with E-state index >= 15 is 0 Å². The van der Waals surface area contributed by atoms with E-state index in [1.54, 1.807) is 29.9 Å². The molecule has 0 saturated carbocycles. The molecule has 28 heavy (non-hydrogen) atoms. The van der Waals surface area contributed by atoms with Gasteiger partial charge in [0.1, 0.15) is 4.83 Å². The molecule has 0 fully saturated rings. The Morgan fingerprint density at radius 2 is 2.07 bits per heavy atom. The quantitative estimate of drug-likeness (QED) is 0.491. The van der Waals surface area contributed by atoms with Crippen LogP contribution in [0, 0.1) is 0 Å². The van der Waals surface area contributed by atoms with Crippen molar-refractivity contribution in [2.75, 3.05) is 5.32 Å². The fourth-order valence-electron chi connectivity index (χ4n) is 2.75. The lowest BCUT2D eigenvalue weighted by atomic mass is 10.2. The van der Waals surface area contributed by atoms with Gasteiger partial charge in [-0.2, -0.15) is 0 Å². The van der Waals surface area contributed by atoms with Crippen molar-refractivity contribution in [2.24, 2.45) is 5.14 Å². The van der Waals surface area contributed by atoms with Crippen molar-refractivity contribution < 1.29 is 4.79 Å². The molecular weight excluding hydrogens is 394 g/mol. The van der Waals surface area contributed by atoms with E-state index in [1.165, 1.54) is 22.2 Å². The fraction of sp³-hybridized carbons (Fsp3) is 0.0526. The number of carbonyl (C=O) groups excluding carboxylic acids is 1. The largest absolute Gasteiger partial charge is 0.322 e. The summed E-state index contributed by atoms with van der Waals surface area (Å²) in [6, 6.07) is 10.8. The third kappa shape index (κ3) is 3.68. The first-order chi connectivity index (χ1) is 13.7. The maximum absolute atomic E-state index is 13.0. The molecular formula is C19H15N5O2S2. The van der Waals surface area contributed by atoms with E-state index in [0.717, 1.165) is 22.4 Å². The van der Waals surface area contributed by atoms with E-state index in [9.17, 15) is 9.59 Å². The van der Waals surface area contributed by atoms with Crippen molar-refractivity contribution in [1.82, 2.24) is 14.5 Å². The Labute approximate surface area is 168 Å². The minimum absolute atomic E-state index is 0.255. The highest BCUT2D eigenvalue weighted by Gasteiger charge is 2.18. The summed E-state index contributed by atoms with van der Waals surface area (Å²) in [5.74, 6) is -0.350. The zero-order valence-corrected chi connectivity index (χ0v) is 16.2. The first-order valence-corrected chi connectivity index (χ1v) is 10.1. The van der Waals surface area contributed by atoms with E-state index < -0.39 is 0 Å². The second kappa shape index (κ2) is 7.93. The summed E-state index contributed by atoms with van der Waals surface area (Å²) in [7, 11) is 0. The van der Waals surface area contributed by atoms with Crippen molar-refractivity contribution in [1.29, 1.82) is 0 Å². The Morgan fingerprint density at radius 1 is 1.25 bits per heavy atom. The minimum Gasteiger partial charge on any atom is -0.322 e. The zero-order valence-electron chi connectivity index (χ0n) is 14.5. The van der Waals surface area contributed by atoms with Gasteiger partial charge in [-0.25, -0.2) is 4.98 Å². The van der Waals surface area contributed by atoms with Crippen LogP contribution in [0.3, 0.4) is 0 Å². The van der Waals surface area contributed by atoms with Crippen molar-refractivity contribution in [2.45, 2.75) is 11.4 Å². The molecule has 4 aromatic rings. The number of thiophene rings is 1. The lowest BCUT2D eigenvalue weighted by Crippen LogP contribution is -2.23. The van der Waals surface area contributed by atoms with Crippen LogP contribution in [-0.4, -0.2) is 20.4 Å². The summed E-state index contributed by atoms with van der Waals surface area (Å²) < 4.78 is 1.48. The van der Waals surface area contributed by atoms with Gasteiger partial charge in [0, 0.05) is 28.4 Å². The van der Waals surface area contributed by atoms with Crippen LogP contribution < -0.4 is 16.0 Å². The number of anilines is 1. The van der Waals surface area contributed by atoms with Gasteiger partial charge in [0.05, 0.1) is 23.8 Å². The molecule has 1 aromatic carbocycles. The number of nitrogens with one attached hydrogen (secondary N) is 1. The topological polar surface area (TPSA) is 103 Å². The number of amides is 1. The Bertz CT molecular complexity index is 1190. The van der Waals surface area contributed by atoms with Gasteiger partial charge in [-0.1, -0.05) is 6.07 Å².